The molecular formula is C19H24N2O2. The number of carbonyl (C=O) groups excluding carboxylic acids is 1. The summed E-state index contributed by atoms with van der Waals surface area (Å²) >= 11 is 0. The number of methoxy groups -OCH3 is 1. The van der Waals surface area contributed by atoms with Crippen LogP contribution in [-0.4, -0.2) is 50.2 Å². The average molecular weight is 312 g/mol. The van der Waals surface area contributed by atoms with Gasteiger partial charge in [-0.2, -0.15) is 0 Å². The number of hydrogen-bond acceptors (Lipinski definition) is 3. The molecule has 0 aliphatic carbocycles. The number of hydrogen-bond donors (Lipinski definition) is 1. The maximum absolute atomic E-state index is 12.4. The molecule has 0 atom stereocenters. The maximum Gasteiger partial charge on any atom is 0.251 e. The van der Waals surface area contributed by atoms with Gasteiger partial charge in [0, 0.05) is 38.9 Å². The van der Waals surface area contributed by atoms with Gasteiger partial charge in [-0.3, -0.25) is 4.79 Å². The molecule has 2 aromatic rings. The van der Waals surface area contributed by atoms with Gasteiger partial charge in [0.2, 0.25) is 0 Å². The number of amides is 1. The van der Waals surface area contributed by atoms with E-state index in [0.29, 0.717) is 12.6 Å². The van der Waals surface area contributed by atoms with Crippen molar-refractivity contribution in [2.45, 2.75) is 18.9 Å². The van der Waals surface area contributed by atoms with E-state index in [1.165, 1.54) is 0 Å². The van der Waals surface area contributed by atoms with Crippen LogP contribution in [0, 0.1) is 0 Å². The first-order chi connectivity index (χ1) is 11.3. The lowest BCUT2D eigenvalue weighted by Crippen LogP contribution is -2.41. The Bertz CT molecular complexity index is 658. The molecule has 23 heavy (non-hydrogen) atoms. The van der Waals surface area contributed by atoms with Crippen molar-refractivity contribution in [3.8, 4) is 0 Å². The molecule has 0 bridgehead atoms. The maximum atomic E-state index is 12.4. The van der Waals surface area contributed by atoms with E-state index < -0.39 is 0 Å². The number of likely N-dealkylation sites (tertiary alicyclic amines) is 1. The molecule has 0 radical (unpaired) electrons. The Morgan fingerprint density at radius 2 is 1.91 bits per heavy atom. The number of ether oxygens (including phenoxy) is 1. The van der Waals surface area contributed by atoms with E-state index in [1.807, 2.05) is 42.5 Å². The molecule has 1 aliphatic heterocycles. The minimum atomic E-state index is 0.00794. The summed E-state index contributed by atoms with van der Waals surface area (Å²) in [5.74, 6) is 0.00794. The van der Waals surface area contributed by atoms with E-state index in [4.69, 9.17) is 4.74 Å². The van der Waals surface area contributed by atoms with Crippen molar-refractivity contribution < 1.29 is 9.53 Å². The van der Waals surface area contributed by atoms with Crippen molar-refractivity contribution in [1.82, 2.24) is 10.2 Å². The quantitative estimate of drug-likeness (QED) is 0.923. The van der Waals surface area contributed by atoms with Crippen molar-refractivity contribution in [3.63, 3.8) is 0 Å². The molecule has 1 amide bonds. The fraction of sp³-hybridized carbons (Fsp3) is 0.421. The Kier molecular flexibility index (Phi) is 5.26. The second-order valence-corrected chi connectivity index (χ2v) is 6.06. The highest BCUT2D eigenvalue weighted by Gasteiger charge is 2.18. The lowest BCUT2D eigenvalue weighted by molar-refractivity contribution is 0.0413. The summed E-state index contributed by atoms with van der Waals surface area (Å²) < 4.78 is 5.38. The standard InChI is InChI=1S/C19H24N2O2/c1-23-16-9-12-21(13-10-16)14-11-20-19(22)18-8-4-6-15-5-2-3-7-17(15)18/h2-8,16H,9-14H2,1H3,(H,20,22). The number of carbonyl (C=O) groups is 1. The molecule has 0 saturated carbocycles. The molecule has 4 heteroatoms. The highest BCUT2D eigenvalue weighted by Crippen LogP contribution is 2.18. The Morgan fingerprint density at radius 1 is 1.17 bits per heavy atom. The third-order valence-electron chi connectivity index (χ3n) is 4.62. The molecule has 0 aromatic heterocycles. The summed E-state index contributed by atoms with van der Waals surface area (Å²) in [7, 11) is 1.78. The number of nitrogens with one attached hydrogen (secondary N) is 1. The summed E-state index contributed by atoms with van der Waals surface area (Å²) in [6, 6.07) is 13.9. The smallest absolute Gasteiger partial charge is 0.251 e. The zero-order valence-corrected chi connectivity index (χ0v) is 13.6. The van der Waals surface area contributed by atoms with E-state index in [9.17, 15) is 4.79 Å². The fourth-order valence-corrected chi connectivity index (χ4v) is 3.21. The number of piperidine rings is 1. The largest absolute Gasteiger partial charge is 0.381 e. The fourth-order valence-electron chi connectivity index (χ4n) is 3.21. The summed E-state index contributed by atoms with van der Waals surface area (Å²) in [6.45, 7) is 3.66. The number of benzene rings is 2. The van der Waals surface area contributed by atoms with Gasteiger partial charge in [0.25, 0.3) is 5.91 Å². The first-order valence-corrected chi connectivity index (χ1v) is 8.29. The van der Waals surface area contributed by atoms with Crippen molar-refractivity contribution in [2.75, 3.05) is 33.3 Å². The van der Waals surface area contributed by atoms with Crippen LogP contribution in [0.15, 0.2) is 42.5 Å². The minimum absolute atomic E-state index is 0.00794. The van der Waals surface area contributed by atoms with Gasteiger partial charge < -0.3 is 15.0 Å². The minimum Gasteiger partial charge on any atom is -0.381 e. The SMILES string of the molecule is COC1CCN(CCNC(=O)c2cccc3ccccc23)CC1. The molecule has 0 spiro atoms. The molecule has 1 heterocycles. The predicted molar refractivity (Wildman–Crippen MR) is 92.8 cm³/mol. The van der Waals surface area contributed by atoms with Crippen molar-refractivity contribution in [2.24, 2.45) is 0 Å². The molecule has 1 fully saturated rings. The van der Waals surface area contributed by atoms with Gasteiger partial charge in [-0.05, 0) is 29.7 Å². The highest BCUT2D eigenvalue weighted by molar-refractivity contribution is 6.06. The van der Waals surface area contributed by atoms with Crippen LogP contribution in [0.1, 0.15) is 23.2 Å². The van der Waals surface area contributed by atoms with Crippen molar-refractivity contribution in [3.05, 3.63) is 48.0 Å². The third kappa shape index (κ3) is 3.89. The third-order valence-corrected chi connectivity index (χ3v) is 4.62. The zero-order valence-electron chi connectivity index (χ0n) is 13.6. The molecular weight excluding hydrogens is 288 g/mol. The van der Waals surface area contributed by atoms with Crippen LogP contribution in [0.4, 0.5) is 0 Å². The molecule has 1 saturated heterocycles. The van der Waals surface area contributed by atoms with Gasteiger partial charge in [-0.25, -0.2) is 0 Å². The molecule has 3 rings (SSSR count). The van der Waals surface area contributed by atoms with E-state index in [2.05, 4.69) is 10.2 Å². The number of nitrogens with zero attached hydrogens (tertiary/aromatic N) is 1. The van der Waals surface area contributed by atoms with E-state index >= 15 is 0 Å². The van der Waals surface area contributed by atoms with Crippen LogP contribution in [0.5, 0.6) is 0 Å². The average Bonchev–Trinajstić information content (AvgIpc) is 2.61. The van der Waals surface area contributed by atoms with Gasteiger partial charge in [-0.15, -0.1) is 0 Å². The van der Waals surface area contributed by atoms with Gasteiger partial charge >= 0.3 is 0 Å². The lowest BCUT2D eigenvalue weighted by atomic mass is 10.0. The van der Waals surface area contributed by atoms with Crippen LogP contribution in [0.3, 0.4) is 0 Å². The molecule has 122 valence electrons. The first-order valence-electron chi connectivity index (χ1n) is 8.29. The summed E-state index contributed by atoms with van der Waals surface area (Å²) in [5.41, 5.74) is 0.751. The van der Waals surface area contributed by atoms with Gasteiger partial charge in [0.15, 0.2) is 0 Å². The normalized spacial score (nSPS) is 16.6. The second kappa shape index (κ2) is 7.57. The zero-order chi connectivity index (χ0) is 16.1. The Labute approximate surface area is 137 Å². The van der Waals surface area contributed by atoms with Crippen LogP contribution in [0.25, 0.3) is 10.8 Å². The van der Waals surface area contributed by atoms with Crippen molar-refractivity contribution >= 4 is 16.7 Å². The Morgan fingerprint density at radius 3 is 2.70 bits per heavy atom. The van der Waals surface area contributed by atoms with E-state index in [1.54, 1.807) is 7.11 Å². The first kappa shape index (κ1) is 16.0. The van der Waals surface area contributed by atoms with Crippen LogP contribution in [-0.2, 0) is 4.74 Å². The van der Waals surface area contributed by atoms with Crippen molar-refractivity contribution in [1.29, 1.82) is 0 Å². The topological polar surface area (TPSA) is 41.6 Å². The lowest BCUT2D eigenvalue weighted by Gasteiger charge is -2.31. The Balaban J connectivity index is 1.53. The predicted octanol–water partition coefficient (Wildman–Crippen LogP) is 2.68. The van der Waals surface area contributed by atoms with Crippen LogP contribution < -0.4 is 5.32 Å². The van der Waals surface area contributed by atoms with Gasteiger partial charge in [0.1, 0.15) is 0 Å². The number of fused-ring (bicyclic) bond motifs is 1. The highest BCUT2D eigenvalue weighted by atomic mass is 16.5. The van der Waals surface area contributed by atoms with Gasteiger partial charge in [-0.1, -0.05) is 36.4 Å². The molecule has 4 nitrogen and oxygen atoms in total. The summed E-state index contributed by atoms with van der Waals surface area (Å²) in [6.07, 6.45) is 2.55. The summed E-state index contributed by atoms with van der Waals surface area (Å²) in [4.78, 5) is 14.8. The van der Waals surface area contributed by atoms with E-state index in [0.717, 1.165) is 48.8 Å². The summed E-state index contributed by atoms with van der Waals surface area (Å²) in [5, 5.41) is 5.16. The second-order valence-electron chi connectivity index (χ2n) is 6.06. The van der Waals surface area contributed by atoms with Gasteiger partial charge in [0.05, 0.1) is 6.10 Å². The Hall–Kier alpha value is -1.91. The molecule has 0 unspecified atom stereocenters. The number of rotatable bonds is 5. The van der Waals surface area contributed by atoms with Crippen LogP contribution >= 0.6 is 0 Å². The monoisotopic (exact) mass is 312 g/mol. The van der Waals surface area contributed by atoms with Crippen LogP contribution in [0.2, 0.25) is 0 Å². The molecule has 2 aromatic carbocycles. The van der Waals surface area contributed by atoms with E-state index in [-0.39, 0.29) is 5.91 Å². The molecule has 1 aliphatic rings. The molecule has 1 N–H and O–H groups in total.